The maximum Gasteiger partial charge on any atom is 0.416 e. The van der Waals surface area contributed by atoms with Gasteiger partial charge >= 0.3 is 6.18 Å². The first-order valence-electron chi connectivity index (χ1n) is 16.0. The summed E-state index contributed by atoms with van der Waals surface area (Å²) in [5.74, 6) is 0.978. The summed E-state index contributed by atoms with van der Waals surface area (Å²) in [7, 11) is 1.57. The Morgan fingerprint density at radius 3 is 2.48 bits per heavy atom. The van der Waals surface area contributed by atoms with Crippen LogP contribution in [0.15, 0.2) is 79.0 Å². The molecule has 0 unspecified atom stereocenters. The summed E-state index contributed by atoms with van der Waals surface area (Å²) < 4.78 is 63.8. The maximum atomic E-state index is 13.4. The van der Waals surface area contributed by atoms with Crippen molar-refractivity contribution < 1.29 is 41.7 Å². The van der Waals surface area contributed by atoms with E-state index in [2.05, 4.69) is 20.5 Å². The Morgan fingerprint density at radius 1 is 0.900 bits per heavy atom. The molecule has 4 aromatic carbocycles. The van der Waals surface area contributed by atoms with Crippen LogP contribution in [0.1, 0.15) is 29.3 Å². The first kappa shape index (κ1) is 34.5. The van der Waals surface area contributed by atoms with Crippen LogP contribution in [0.5, 0.6) is 23.0 Å². The van der Waals surface area contributed by atoms with E-state index in [0.29, 0.717) is 51.3 Å². The Kier molecular flexibility index (Phi) is 10.3. The van der Waals surface area contributed by atoms with Crippen molar-refractivity contribution in [1.82, 2.24) is 9.88 Å². The van der Waals surface area contributed by atoms with E-state index >= 15 is 0 Å². The molecule has 0 saturated carbocycles. The zero-order valence-electron chi connectivity index (χ0n) is 27.4. The molecule has 50 heavy (non-hydrogen) atoms. The van der Waals surface area contributed by atoms with Gasteiger partial charge in [0, 0.05) is 49.8 Å². The van der Waals surface area contributed by atoms with Crippen molar-refractivity contribution in [2.45, 2.75) is 19.5 Å². The van der Waals surface area contributed by atoms with Gasteiger partial charge in [-0.15, -0.1) is 0 Å². The van der Waals surface area contributed by atoms with Crippen molar-refractivity contribution in [1.29, 1.82) is 0 Å². The number of fused-ring (bicyclic) bond motifs is 2. The van der Waals surface area contributed by atoms with Crippen molar-refractivity contribution in [2.75, 3.05) is 57.2 Å². The number of aromatic nitrogens is 1. The smallest absolute Gasteiger partial charge is 0.416 e. The Hall–Kier alpha value is -5.40. The quantitative estimate of drug-likeness (QED) is 0.137. The zero-order chi connectivity index (χ0) is 35.3. The molecular formula is C37H35F3N4O6. The van der Waals surface area contributed by atoms with Gasteiger partial charge in [0.1, 0.15) is 11.5 Å². The Labute approximate surface area is 286 Å². The van der Waals surface area contributed by atoms with Crippen LogP contribution in [0.2, 0.25) is 0 Å². The van der Waals surface area contributed by atoms with Crippen LogP contribution in [0.25, 0.3) is 21.7 Å². The molecule has 0 radical (unpaired) electrons. The Bertz CT molecular complexity index is 2030. The highest BCUT2D eigenvalue weighted by atomic mass is 19.4. The fourth-order valence-corrected chi connectivity index (χ4v) is 5.75. The van der Waals surface area contributed by atoms with Gasteiger partial charge < -0.3 is 29.6 Å². The van der Waals surface area contributed by atoms with Crippen LogP contribution in [-0.2, 0) is 15.7 Å². The fraction of sp³-hybridized carbons (Fsp3) is 0.270. The third-order valence-corrected chi connectivity index (χ3v) is 8.20. The average Bonchev–Trinajstić information content (AvgIpc) is 3.10. The Balaban J connectivity index is 1.20. The Morgan fingerprint density at radius 2 is 1.72 bits per heavy atom. The fourth-order valence-electron chi connectivity index (χ4n) is 5.75. The lowest BCUT2D eigenvalue weighted by Gasteiger charge is -2.26. The van der Waals surface area contributed by atoms with Gasteiger partial charge in [-0.25, -0.2) is 0 Å². The topological polar surface area (TPSA) is 111 Å². The lowest BCUT2D eigenvalue weighted by atomic mass is 10.0. The number of amides is 2. The van der Waals surface area contributed by atoms with Crippen molar-refractivity contribution in [3.8, 4) is 23.0 Å². The van der Waals surface area contributed by atoms with E-state index in [-0.39, 0.29) is 16.9 Å². The minimum absolute atomic E-state index is 0.0402. The molecule has 2 heterocycles. The average molecular weight is 689 g/mol. The number of rotatable bonds is 11. The molecular weight excluding hydrogens is 653 g/mol. The minimum atomic E-state index is -4.64. The third kappa shape index (κ3) is 8.07. The molecule has 1 aliphatic rings. The number of nitrogens with one attached hydrogen (secondary N) is 2. The summed E-state index contributed by atoms with van der Waals surface area (Å²) in [6.45, 7) is 6.01. The molecule has 2 N–H and O–H groups in total. The number of alkyl halides is 3. The number of morpholine rings is 1. The van der Waals surface area contributed by atoms with Gasteiger partial charge in [0.15, 0.2) is 11.5 Å². The summed E-state index contributed by atoms with van der Waals surface area (Å²) in [6.07, 6.45) is -2.15. The molecule has 0 atom stereocenters. The van der Waals surface area contributed by atoms with E-state index in [9.17, 15) is 22.8 Å². The summed E-state index contributed by atoms with van der Waals surface area (Å²) >= 11 is 0. The minimum Gasteiger partial charge on any atom is -0.493 e. The second-order valence-corrected chi connectivity index (χ2v) is 11.7. The van der Waals surface area contributed by atoms with Crippen LogP contribution >= 0.6 is 0 Å². The van der Waals surface area contributed by atoms with Crippen LogP contribution in [0.3, 0.4) is 0 Å². The van der Waals surface area contributed by atoms with E-state index in [0.717, 1.165) is 57.5 Å². The maximum absolute atomic E-state index is 13.4. The van der Waals surface area contributed by atoms with Gasteiger partial charge in [-0.1, -0.05) is 12.1 Å². The SMILES string of the molecule is COc1cc2c(Oc3ccc4c(C(=O)Nc5cc(C(F)(F)F)ccc5NC(C)=O)cccc4c3)ccnc2cc1OCCCN1CCOCC1. The number of nitrogens with zero attached hydrogens (tertiary/aromatic N) is 2. The number of benzene rings is 4. The largest absolute Gasteiger partial charge is 0.493 e. The third-order valence-electron chi connectivity index (χ3n) is 8.20. The second-order valence-electron chi connectivity index (χ2n) is 11.7. The van der Waals surface area contributed by atoms with Crippen molar-refractivity contribution in [2.24, 2.45) is 0 Å². The van der Waals surface area contributed by atoms with Gasteiger partial charge in [-0.2, -0.15) is 13.2 Å². The summed E-state index contributed by atoms with van der Waals surface area (Å²) in [5, 5.41) is 6.90. The predicted octanol–water partition coefficient (Wildman–Crippen LogP) is 7.52. The second kappa shape index (κ2) is 15.0. The number of methoxy groups -OCH3 is 1. The molecule has 1 fully saturated rings. The first-order valence-corrected chi connectivity index (χ1v) is 16.0. The standard InChI is InChI=1S/C37H35F3N4O6/c1-23(45)42-30-10-7-25(37(38,39)40)20-32(30)43-36(46)28-6-3-5-24-19-26(8-9-27(24)28)50-33-11-12-41-31-22-35(34(47-2)21-29(31)33)49-16-4-13-44-14-17-48-18-15-44/h3,5-12,19-22H,4,13-18H2,1-2H3,(H,42,45)(H,43,46). The number of halogens is 3. The van der Waals surface area contributed by atoms with E-state index in [1.807, 2.05) is 12.1 Å². The molecule has 10 nitrogen and oxygen atoms in total. The van der Waals surface area contributed by atoms with Crippen molar-refractivity contribution in [3.63, 3.8) is 0 Å². The molecule has 2 amide bonds. The number of anilines is 2. The van der Waals surface area contributed by atoms with Gasteiger partial charge in [0.25, 0.3) is 5.91 Å². The number of carbonyl (C=O) groups is 2. The molecule has 13 heteroatoms. The predicted molar refractivity (Wildman–Crippen MR) is 183 cm³/mol. The summed E-state index contributed by atoms with van der Waals surface area (Å²) in [5.41, 5.74) is -0.237. The van der Waals surface area contributed by atoms with Gasteiger partial charge in [-0.3, -0.25) is 19.5 Å². The van der Waals surface area contributed by atoms with E-state index in [4.69, 9.17) is 18.9 Å². The summed E-state index contributed by atoms with van der Waals surface area (Å²) in [6, 6.07) is 18.3. The van der Waals surface area contributed by atoms with Crippen LogP contribution in [-0.4, -0.2) is 68.3 Å². The molecule has 0 aliphatic carbocycles. The van der Waals surface area contributed by atoms with Gasteiger partial charge in [0.05, 0.1) is 49.4 Å². The van der Waals surface area contributed by atoms with Gasteiger partial charge in [-0.05, 0) is 71.8 Å². The monoisotopic (exact) mass is 688 g/mol. The molecule has 260 valence electrons. The molecule has 6 rings (SSSR count). The highest BCUT2D eigenvalue weighted by Crippen LogP contribution is 2.38. The molecule has 1 saturated heterocycles. The molecule has 1 aliphatic heterocycles. The number of hydrogen-bond acceptors (Lipinski definition) is 8. The normalized spacial score (nSPS) is 13.6. The number of carbonyl (C=O) groups excluding carboxylic acids is 2. The molecule has 0 spiro atoms. The zero-order valence-corrected chi connectivity index (χ0v) is 27.4. The summed E-state index contributed by atoms with van der Waals surface area (Å²) in [4.78, 5) is 32.0. The lowest BCUT2D eigenvalue weighted by molar-refractivity contribution is -0.137. The van der Waals surface area contributed by atoms with Crippen molar-refractivity contribution in [3.05, 3.63) is 90.1 Å². The van der Waals surface area contributed by atoms with Gasteiger partial charge in [0.2, 0.25) is 5.91 Å². The molecule has 1 aromatic heterocycles. The van der Waals surface area contributed by atoms with E-state index in [1.165, 1.54) is 6.92 Å². The van der Waals surface area contributed by atoms with Crippen LogP contribution in [0.4, 0.5) is 24.5 Å². The molecule has 5 aromatic rings. The number of pyridine rings is 1. The van der Waals surface area contributed by atoms with Crippen LogP contribution < -0.4 is 24.8 Å². The molecule has 0 bridgehead atoms. The highest BCUT2D eigenvalue weighted by molar-refractivity contribution is 6.14. The van der Waals surface area contributed by atoms with E-state index < -0.39 is 23.6 Å². The highest BCUT2D eigenvalue weighted by Gasteiger charge is 2.31. The first-order chi connectivity index (χ1) is 24.1. The van der Waals surface area contributed by atoms with E-state index in [1.54, 1.807) is 55.8 Å². The van der Waals surface area contributed by atoms with Crippen LogP contribution in [0, 0.1) is 0 Å². The van der Waals surface area contributed by atoms with Crippen molar-refractivity contribution >= 4 is 44.9 Å². The lowest BCUT2D eigenvalue weighted by Crippen LogP contribution is -2.37. The number of ether oxygens (including phenoxy) is 4. The number of hydrogen-bond donors (Lipinski definition) is 2.